The van der Waals surface area contributed by atoms with E-state index in [9.17, 15) is 4.39 Å². The van der Waals surface area contributed by atoms with Crippen molar-refractivity contribution < 1.29 is 4.39 Å². The Labute approximate surface area is 174 Å². The zero-order chi connectivity index (χ0) is 20.8. The Kier molecular flexibility index (Phi) is 3.79. The van der Waals surface area contributed by atoms with Crippen LogP contribution in [0.1, 0.15) is 0 Å². The van der Waals surface area contributed by atoms with Crippen LogP contribution in [0, 0.1) is 5.82 Å². The van der Waals surface area contributed by atoms with Crippen LogP contribution >= 0.6 is 0 Å². The van der Waals surface area contributed by atoms with Gasteiger partial charge in [-0.05, 0) is 30.3 Å². The number of aromatic nitrogens is 8. The Hall–Kier alpha value is -4.53. The quantitative estimate of drug-likeness (QED) is 0.455. The molecule has 0 fully saturated rings. The monoisotopic (exact) mass is 408 g/mol. The molecule has 148 valence electrons. The Balaban J connectivity index is 1.53. The summed E-state index contributed by atoms with van der Waals surface area (Å²) in [5, 5.41) is 7.38. The fourth-order valence-electron chi connectivity index (χ4n) is 3.54. The lowest BCUT2D eigenvalue weighted by Crippen LogP contribution is -1.90. The van der Waals surface area contributed by atoms with Crippen LogP contribution < -0.4 is 0 Å². The number of hydrogen-bond donors (Lipinski definition) is 2. The van der Waals surface area contributed by atoms with Crippen molar-refractivity contribution in [3.05, 3.63) is 73.1 Å². The van der Waals surface area contributed by atoms with Crippen molar-refractivity contribution in [2.75, 3.05) is 0 Å². The number of fused-ring (bicyclic) bond motifs is 2. The zero-order valence-corrected chi connectivity index (χ0v) is 15.9. The van der Waals surface area contributed by atoms with Gasteiger partial charge in [-0.3, -0.25) is 20.1 Å². The molecule has 8 nitrogen and oxygen atoms in total. The number of aromatic amines is 2. The normalized spacial score (nSPS) is 11.4. The van der Waals surface area contributed by atoms with Crippen molar-refractivity contribution in [2.45, 2.75) is 0 Å². The highest BCUT2D eigenvalue weighted by atomic mass is 19.1. The van der Waals surface area contributed by atoms with Crippen molar-refractivity contribution in [1.82, 2.24) is 40.1 Å². The first-order valence-corrected chi connectivity index (χ1v) is 9.49. The molecule has 0 saturated heterocycles. The molecule has 9 heteroatoms. The lowest BCUT2D eigenvalue weighted by Gasteiger charge is -2.02. The summed E-state index contributed by atoms with van der Waals surface area (Å²) >= 11 is 0. The molecular weight excluding hydrogens is 395 g/mol. The minimum atomic E-state index is -0.354. The Morgan fingerprint density at radius 3 is 2.52 bits per heavy atom. The van der Waals surface area contributed by atoms with E-state index in [0.717, 1.165) is 11.0 Å². The summed E-state index contributed by atoms with van der Waals surface area (Å²) in [6.07, 6.45) is 6.51. The van der Waals surface area contributed by atoms with Gasteiger partial charge in [0.05, 0.1) is 22.9 Å². The molecule has 5 heterocycles. The largest absolute Gasteiger partial charge is 0.336 e. The fourth-order valence-corrected chi connectivity index (χ4v) is 3.54. The molecule has 0 aliphatic carbocycles. The van der Waals surface area contributed by atoms with E-state index < -0.39 is 0 Å². The predicted octanol–water partition coefficient (Wildman–Crippen LogP) is 4.16. The standard InChI is InChI=1S/C22H13FN8/c23-13-4-2-1-3-12(13)18-19-15(7-8-26-18)28-22(29-19)21-20-16(30-31-21)6-5-14(27-20)17-11-24-9-10-25-17/h1-11H,(H,28,29)(H,30,31). The molecule has 6 aromatic rings. The zero-order valence-electron chi connectivity index (χ0n) is 15.9. The van der Waals surface area contributed by atoms with E-state index in [4.69, 9.17) is 4.98 Å². The van der Waals surface area contributed by atoms with Crippen molar-refractivity contribution >= 4 is 22.1 Å². The molecule has 0 unspecified atom stereocenters. The number of nitrogens with one attached hydrogen (secondary N) is 2. The van der Waals surface area contributed by atoms with Crippen LogP contribution in [0.3, 0.4) is 0 Å². The first kappa shape index (κ1) is 17.3. The molecule has 0 aliphatic rings. The number of nitrogens with zero attached hydrogens (tertiary/aromatic N) is 6. The second kappa shape index (κ2) is 6.77. The van der Waals surface area contributed by atoms with Crippen molar-refractivity contribution in [3.63, 3.8) is 0 Å². The molecule has 0 radical (unpaired) electrons. The molecule has 0 amide bonds. The van der Waals surface area contributed by atoms with E-state index in [-0.39, 0.29) is 5.82 Å². The first-order chi connectivity index (χ1) is 15.3. The third-order valence-corrected chi connectivity index (χ3v) is 4.99. The maximum absolute atomic E-state index is 14.4. The molecule has 0 aliphatic heterocycles. The fraction of sp³-hybridized carbons (Fsp3) is 0. The molecule has 0 bridgehead atoms. The number of H-pyrrole nitrogens is 2. The first-order valence-electron chi connectivity index (χ1n) is 9.49. The van der Waals surface area contributed by atoms with Crippen molar-refractivity contribution in [3.8, 4) is 34.2 Å². The van der Waals surface area contributed by atoms with E-state index >= 15 is 0 Å². The Bertz CT molecular complexity index is 1550. The summed E-state index contributed by atoms with van der Waals surface area (Å²) < 4.78 is 14.4. The minimum Gasteiger partial charge on any atom is -0.336 e. The van der Waals surface area contributed by atoms with Gasteiger partial charge in [0.2, 0.25) is 0 Å². The van der Waals surface area contributed by atoms with Crippen LogP contribution in [-0.2, 0) is 0 Å². The van der Waals surface area contributed by atoms with Gasteiger partial charge < -0.3 is 4.98 Å². The van der Waals surface area contributed by atoms with E-state index in [0.29, 0.717) is 45.2 Å². The van der Waals surface area contributed by atoms with Gasteiger partial charge in [-0.15, -0.1) is 0 Å². The smallest absolute Gasteiger partial charge is 0.161 e. The summed E-state index contributed by atoms with van der Waals surface area (Å²) in [4.78, 5) is 25.4. The topological polar surface area (TPSA) is 109 Å². The molecule has 31 heavy (non-hydrogen) atoms. The second-order valence-electron chi connectivity index (χ2n) is 6.88. The number of pyridine rings is 2. The summed E-state index contributed by atoms with van der Waals surface area (Å²) in [6.45, 7) is 0. The average molecular weight is 408 g/mol. The molecule has 0 spiro atoms. The molecule has 2 N–H and O–H groups in total. The Morgan fingerprint density at radius 2 is 1.65 bits per heavy atom. The maximum atomic E-state index is 14.4. The van der Waals surface area contributed by atoms with Gasteiger partial charge in [0.15, 0.2) is 11.5 Å². The van der Waals surface area contributed by atoms with Crippen LogP contribution in [0.2, 0.25) is 0 Å². The van der Waals surface area contributed by atoms with E-state index in [1.807, 2.05) is 12.1 Å². The Morgan fingerprint density at radius 1 is 0.742 bits per heavy atom. The van der Waals surface area contributed by atoms with Gasteiger partial charge in [0, 0.05) is 24.2 Å². The summed E-state index contributed by atoms with van der Waals surface area (Å²) in [5.74, 6) is 0.156. The molecule has 6 rings (SSSR count). The summed E-state index contributed by atoms with van der Waals surface area (Å²) in [7, 11) is 0. The van der Waals surface area contributed by atoms with Gasteiger partial charge >= 0.3 is 0 Å². The molecule has 0 atom stereocenters. The maximum Gasteiger partial charge on any atom is 0.161 e. The van der Waals surface area contributed by atoms with Crippen LogP contribution in [0.15, 0.2) is 67.3 Å². The third kappa shape index (κ3) is 2.83. The van der Waals surface area contributed by atoms with Crippen LogP contribution in [0.5, 0.6) is 0 Å². The van der Waals surface area contributed by atoms with Gasteiger partial charge in [-0.25, -0.2) is 14.4 Å². The highest BCUT2D eigenvalue weighted by molar-refractivity contribution is 5.95. The molecule has 0 saturated carbocycles. The second-order valence-corrected chi connectivity index (χ2v) is 6.88. The van der Waals surface area contributed by atoms with Gasteiger partial charge in [0.25, 0.3) is 0 Å². The number of benzene rings is 1. The SMILES string of the molecule is Fc1ccccc1-c1nccc2[nH]c(-c3n[nH]c4ccc(-c5cnccn5)nc34)nc12. The molecule has 5 aromatic heterocycles. The number of halogens is 1. The number of hydrogen-bond acceptors (Lipinski definition) is 6. The van der Waals surface area contributed by atoms with E-state index in [1.54, 1.807) is 49.1 Å². The lowest BCUT2D eigenvalue weighted by molar-refractivity contribution is 0.631. The summed E-state index contributed by atoms with van der Waals surface area (Å²) in [6, 6.07) is 12.0. The van der Waals surface area contributed by atoms with Gasteiger partial charge in [-0.2, -0.15) is 5.10 Å². The number of rotatable bonds is 3. The van der Waals surface area contributed by atoms with Crippen LogP contribution in [0.4, 0.5) is 4.39 Å². The number of imidazole rings is 1. The van der Waals surface area contributed by atoms with E-state index in [2.05, 4.69) is 35.1 Å². The highest BCUT2D eigenvalue weighted by Crippen LogP contribution is 2.31. The average Bonchev–Trinajstić information content (AvgIpc) is 3.43. The minimum absolute atomic E-state index is 0.354. The summed E-state index contributed by atoms with van der Waals surface area (Å²) in [5.41, 5.74) is 5.43. The van der Waals surface area contributed by atoms with Gasteiger partial charge in [0.1, 0.15) is 28.2 Å². The van der Waals surface area contributed by atoms with Crippen molar-refractivity contribution in [1.29, 1.82) is 0 Å². The van der Waals surface area contributed by atoms with Crippen LogP contribution in [-0.4, -0.2) is 40.1 Å². The lowest BCUT2D eigenvalue weighted by atomic mass is 10.1. The van der Waals surface area contributed by atoms with Crippen molar-refractivity contribution in [2.24, 2.45) is 0 Å². The van der Waals surface area contributed by atoms with E-state index in [1.165, 1.54) is 6.07 Å². The van der Waals surface area contributed by atoms with Crippen LogP contribution in [0.25, 0.3) is 56.2 Å². The molecular formula is C22H13FN8. The predicted molar refractivity (Wildman–Crippen MR) is 113 cm³/mol. The molecule has 1 aromatic carbocycles. The highest BCUT2D eigenvalue weighted by Gasteiger charge is 2.18. The third-order valence-electron chi connectivity index (χ3n) is 4.99. The van der Waals surface area contributed by atoms with Gasteiger partial charge in [-0.1, -0.05) is 12.1 Å².